The zero-order valence-electron chi connectivity index (χ0n) is 15.1. The van der Waals surface area contributed by atoms with Crippen LogP contribution in [0.2, 0.25) is 0 Å². The number of para-hydroxylation sites is 1. The lowest BCUT2D eigenvalue weighted by Gasteiger charge is -2.05. The summed E-state index contributed by atoms with van der Waals surface area (Å²) >= 11 is 1.58. The Kier molecular flexibility index (Phi) is 4.38. The van der Waals surface area contributed by atoms with Gasteiger partial charge in [0.1, 0.15) is 17.9 Å². The average Bonchev–Trinajstić information content (AvgIpc) is 3.52. The van der Waals surface area contributed by atoms with Crippen molar-refractivity contribution in [2.75, 3.05) is 0 Å². The second kappa shape index (κ2) is 7.33. The van der Waals surface area contributed by atoms with Crippen LogP contribution in [0.15, 0.2) is 77.9 Å². The maximum atomic E-state index is 12.4. The van der Waals surface area contributed by atoms with Gasteiger partial charge in [0.25, 0.3) is 5.91 Å². The molecule has 0 saturated heterocycles. The Morgan fingerprint density at radius 3 is 2.86 bits per heavy atom. The Balaban J connectivity index is 1.25. The number of carbonyl (C=O) groups is 1. The number of furan rings is 1. The molecule has 29 heavy (non-hydrogen) atoms. The van der Waals surface area contributed by atoms with Crippen LogP contribution in [0.3, 0.4) is 0 Å². The van der Waals surface area contributed by atoms with E-state index in [9.17, 15) is 4.79 Å². The Hall–Kier alpha value is -3.78. The summed E-state index contributed by atoms with van der Waals surface area (Å²) in [5.41, 5.74) is 1.43. The first-order chi connectivity index (χ1) is 14.3. The zero-order chi connectivity index (χ0) is 19.6. The van der Waals surface area contributed by atoms with Crippen molar-refractivity contribution in [3.8, 4) is 16.6 Å². The minimum absolute atomic E-state index is 0.215. The third kappa shape index (κ3) is 3.53. The zero-order valence-corrected chi connectivity index (χ0v) is 16.0. The van der Waals surface area contributed by atoms with Gasteiger partial charge in [-0.2, -0.15) is 0 Å². The van der Waals surface area contributed by atoms with E-state index in [0.717, 1.165) is 15.2 Å². The number of nitrogens with one attached hydrogen (secondary N) is 1. The van der Waals surface area contributed by atoms with E-state index in [1.165, 1.54) is 0 Å². The Labute approximate surface area is 169 Å². The molecule has 0 aliphatic heterocycles. The summed E-state index contributed by atoms with van der Waals surface area (Å²) in [6.45, 7) is 0.285. The van der Waals surface area contributed by atoms with E-state index in [1.807, 2.05) is 36.4 Å². The maximum Gasteiger partial charge on any atom is 0.253 e. The molecule has 5 aromatic rings. The summed E-state index contributed by atoms with van der Waals surface area (Å²) in [5, 5.41) is 3.67. The molecular weight excluding hydrogens is 386 g/mol. The molecule has 7 nitrogen and oxygen atoms in total. The van der Waals surface area contributed by atoms with Gasteiger partial charge in [0.15, 0.2) is 10.8 Å². The van der Waals surface area contributed by atoms with Crippen molar-refractivity contribution in [1.29, 1.82) is 0 Å². The number of thiazole rings is 1. The highest BCUT2D eigenvalue weighted by molar-refractivity contribution is 7.21. The fourth-order valence-corrected chi connectivity index (χ4v) is 3.83. The number of hydrogen-bond acceptors (Lipinski definition) is 6. The smallest absolute Gasteiger partial charge is 0.253 e. The molecule has 0 aliphatic carbocycles. The summed E-state index contributed by atoms with van der Waals surface area (Å²) in [5.74, 6) is 1.84. The lowest BCUT2D eigenvalue weighted by Crippen LogP contribution is -2.22. The van der Waals surface area contributed by atoms with Crippen LogP contribution < -0.4 is 5.32 Å². The van der Waals surface area contributed by atoms with E-state index in [4.69, 9.17) is 4.42 Å². The lowest BCUT2D eigenvalue weighted by molar-refractivity contribution is 0.0948. The van der Waals surface area contributed by atoms with Gasteiger partial charge in [-0.1, -0.05) is 12.1 Å². The second-order valence-corrected chi connectivity index (χ2v) is 7.34. The van der Waals surface area contributed by atoms with Crippen molar-refractivity contribution in [2.24, 2.45) is 0 Å². The van der Waals surface area contributed by atoms with Crippen molar-refractivity contribution in [3.05, 3.63) is 84.8 Å². The molecule has 1 N–H and O–H groups in total. The van der Waals surface area contributed by atoms with E-state index in [2.05, 4.69) is 20.3 Å². The summed E-state index contributed by atoms with van der Waals surface area (Å²) in [4.78, 5) is 25.3. The topological polar surface area (TPSA) is 85.8 Å². The van der Waals surface area contributed by atoms with Gasteiger partial charge in [-0.25, -0.2) is 15.0 Å². The molecule has 4 aromatic heterocycles. The second-order valence-electron chi connectivity index (χ2n) is 6.31. The predicted molar refractivity (Wildman–Crippen MR) is 110 cm³/mol. The number of hydrogen-bond donors (Lipinski definition) is 1. The fraction of sp³-hybridized carbons (Fsp3) is 0.0476. The molecule has 0 radical (unpaired) electrons. The molecule has 0 unspecified atom stereocenters. The highest BCUT2D eigenvalue weighted by Crippen LogP contribution is 2.31. The number of amides is 1. The Morgan fingerprint density at radius 2 is 2.07 bits per heavy atom. The number of fused-ring (bicyclic) bond motifs is 1. The lowest BCUT2D eigenvalue weighted by atomic mass is 10.2. The van der Waals surface area contributed by atoms with Gasteiger partial charge in [-0.15, -0.1) is 11.3 Å². The van der Waals surface area contributed by atoms with Gasteiger partial charge < -0.3 is 9.73 Å². The summed E-state index contributed by atoms with van der Waals surface area (Å²) in [6, 6.07) is 15.2. The van der Waals surface area contributed by atoms with E-state index in [1.54, 1.807) is 53.0 Å². The van der Waals surface area contributed by atoms with Crippen LogP contribution in [0.1, 0.15) is 16.1 Å². The molecule has 5 rings (SSSR count). The third-order valence-corrected chi connectivity index (χ3v) is 5.42. The standard InChI is InChI=1S/C21H15N5O2S/c27-20(14-5-8-19(23-11-14)26-10-9-22-13-26)24-12-15-6-7-17(28-15)21-25-16-3-1-2-4-18(16)29-21/h1-11,13H,12H2,(H,24,27). The number of rotatable bonds is 5. The van der Waals surface area contributed by atoms with E-state index >= 15 is 0 Å². The van der Waals surface area contributed by atoms with Gasteiger partial charge in [-0.3, -0.25) is 9.36 Å². The average molecular weight is 401 g/mol. The van der Waals surface area contributed by atoms with Crippen LogP contribution in [0.5, 0.6) is 0 Å². The first-order valence-electron chi connectivity index (χ1n) is 8.93. The molecule has 142 valence electrons. The SMILES string of the molecule is O=C(NCc1ccc(-c2nc3ccccc3s2)o1)c1ccc(-n2ccnc2)nc1. The molecule has 4 heterocycles. The molecule has 8 heteroatoms. The molecule has 1 amide bonds. The van der Waals surface area contributed by atoms with Crippen LogP contribution in [0.4, 0.5) is 0 Å². The third-order valence-electron chi connectivity index (χ3n) is 4.37. The molecule has 1 aromatic carbocycles. The number of benzene rings is 1. The summed E-state index contributed by atoms with van der Waals surface area (Å²) < 4.78 is 8.74. The first kappa shape index (κ1) is 17.3. The van der Waals surface area contributed by atoms with Crippen molar-refractivity contribution in [1.82, 2.24) is 24.8 Å². The van der Waals surface area contributed by atoms with E-state index < -0.39 is 0 Å². The number of pyridine rings is 1. The van der Waals surface area contributed by atoms with Crippen molar-refractivity contribution in [3.63, 3.8) is 0 Å². The Morgan fingerprint density at radius 1 is 1.14 bits per heavy atom. The largest absolute Gasteiger partial charge is 0.457 e. The molecule has 0 atom stereocenters. The van der Waals surface area contributed by atoms with Crippen LogP contribution in [0, 0.1) is 0 Å². The minimum Gasteiger partial charge on any atom is -0.457 e. The van der Waals surface area contributed by atoms with Crippen molar-refractivity contribution in [2.45, 2.75) is 6.54 Å². The van der Waals surface area contributed by atoms with Crippen LogP contribution in [-0.2, 0) is 6.54 Å². The quantitative estimate of drug-likeness (QED) is 0.480. The van der Waals surface area contributed by atoms with Gasteiger partial charge in [0.05, 0.1) is 22.3 Å². The molecule has 0 fully saturated rings. The number of aromatic nitrogens is 4. The van der Waals surface area contributed by atoms with Crippen LogP contribution >= 0.6 is 11.3 Å². The van der Waals surface area contributed by atoms with Crippen LogP contribution in [-0.4, -0.2) is 25.4 Å². The number of carbonyl (C=O) groups excluding carboxylic acids is 1. The predicted octanol–water partition coefficient (Wildman–Crippen LogP) is 4.07. The fourth-order valence-electron chi connectivity index (χ4n) is 2.90. The highest BCUT2D eigenvalue weighted by Gasteiger charge is 2.12. The number of imidazole rings is 1. The van der Waals surface area contributed by atoms with Gasteiger partial charge in [0, 0.05) is 18.6 Å². The van der Waals surface area contributed by atoms with E-state index in [-0.39, 0.29) is 12.5 Å². The highest BCUT2D eigenvalue weighted by atomic mass is 32.1. The minimum atomic E-state index is -0.215. The summed E-state index contributed by atoms with van der Waals surface area (Å²) in [7, 11) is 0. The molecule has 0 saturated carbocycles. The Bertz CT molecular complexity index is 1240. The maximum absolute atomic E-state index is 12.4. The van der Waals surface area contributed by atoms with Gasteiger partial charge >= 0.3 is 0 Å². The van der Waals surface area contributed by atoms with Crippen LogP contribution in [0.25, 0.3) is 26.8 Å². The monoisotopic (exact) mass is 401 g/mol. The van der Waals surface area contributed by atoms with Crippen molar-refractivity contribution < 1.29 is 9.21 Å². The van der Waals surface area contributed by atoms with Gasteiger partial charge in [0.2, 0.25) is 0 Å². The molecule has 0 bridgehead atoms. The summed E-state index contributed by atoms with van der Waals surface area (Å²) in [6.07, 6.45) is 6.66. The van der Waals surface area contributed by atoms with Crippen molar-refractivity contribution >= 4 is 27.5 Å². The van der Waals surface area contributed by atoms with E-state index in [0.29, 0.717) is 22.9 Å². The normalized spacial score (nSPS) is 11.0. The molecule has 0 aliphatic rings. The molecule has 0 spiro atoms. The first-order valence-corrected chi connectivity index (χ1v) is 9.75. The van der Waals surface area contributed by atoms with Gasteiger partial charge in [-0.05, 0) is 36.4 Å². The number of nitrogens with zero attached hydrogens (tertiary/aromatic N) is 4. The molecular formula is C21H15N5O2S.